The van der Waals surface area contributed by atoms with E-state index in [4.69, 9.17) is 9.83 Å². The van der Waals surface area contributed by atoms with Crippen LogP contribution in [0.3, 0.4) is 0 Å². The predicted molar refractivity (Wildman–Crippen MR) is 87.8 cm³/mol. The summed E-state index contributed by atoms with van der Waals surface area (Å²) in [6.07, 6.45) is 0. The van der Waals surface area contributed by atoms with E-state index in [1.165, 1.54) is 0 Å². The zero-order valence-corrected chi connectivity index (χ0v) is 11.7. The first kappa shape index (κ1) is 12.7. The summed E-state index contributed by atoms with van der Waals surface area (Å²) in [6, 6.07) is 20.5. The molecule has 0 atom stereocenters. The van der Waals surface area contributed by atoms with Crippen molar-refractivity contribution in [2.24, 2.45) is 0 Å². The maximum absolute atomic E-state index is 9.91. The second-order valence-electron chi connectivity index (χ2n) is 5.20. The molecule has 0 spiro atoms. The molecular formula is C19H13NO2. The van der Waals surface area contributed by atoms with Gasteiger partial charge in [-0.3, -0.25) is 5.41 Å². The lowest BCUT2D eigenvalue weighted by molar-refractivity contribution is 0.474. The van der Waals surface area contributed by atoms with E-state index in [9.17, 15) is 5.11 Å². The van der Waals surface area contributed by atoms with Gasteiger partial charge in [-0.15, -0.1) is 0 Å². The fourth-order valence-electron chi connectivity index (χ4n) is 2.72. The number of fused-ring (bicyclic) bond motifs is 3. The van der Waals surface area contributed by atoms with E-state index in [0.717, 1.165) is 21.9 Å². The fourth-order valence-corrected chi connectivity index (χ4v) is 2.72. The quantitative estimate of drug-likeness (QED) is 0.525. The summed E-state index contributed by atoms with van der Waals surface area (Å²) >= 11 is 0. The van der Waals surface area contributed by atoms with Crippen molar-refractivity contribution < 1.29 is 9.52 Å². The highest BCUT2D eigenvalue weighted by Crippen LogP contribution is 2.30. The average Bonchev–Trinajstić information content (AvgIpc) is 2.92. The van der Waals surface area contributed by atoms with Crippen LogP contribution in [0.5, 0.6) is 5.75 Å². The first-order valence-corrected chi connectivity index (χ1v) is 7.02. The van der Waals surface area contributed by atoms with Gasteiger partial charge in [0.15, 0.2) is 0 Å². The van der Waals surface area contributed by atoms with Crippen LogP contribution in [0.4, 0.5) is 0 Å². The molecule has 1 heterocycles. The van der Waals surface area contributed by atoms with E-state index in [2.05, 4.69) is 0 Å². The third-order valence-corrected chi connectivity index (χ3v) is 3.84. The van der Waals surface area contributed by atoms with Gasteiger partial charge in [-0.1, -0.05) is 36.4 Å². The third kappa shape index (κ3) is 1.87. The van der Waals surface area contributed by atoms with Gasteiger partial charge in [0.2, 0.25) is 0 Å². The third-order valence-electron chi connectivity index (χ3n) is 3.84. The Morgan fingerprint density at radius 2 is 1.55 bits per heavy atom. The second kappa shape index (κ2) is 4.74. The Balaban J connectivity index is 1.88. The molecule has 3 nitrogen and oxygen atoms in total. The standard InChI is InChI=1S/C19H13NO2/c20-19(15-6-1-3-7-16(15)21)12-9-10-14-13-5-2-4-8-17(13)22-18(14)11-12/h1-11,20-21H. The second-order valence-corrected chi connectivity index (χ2v) is 5.20. The van der Waals surface area contributed by atoms with Gasteiger partial charge in [0, 0.05) is 21.9 Å². The summed E-state index contributed by atoms with van der Waals surface area (Å²) < 4.78 is 5.85. The predicted octanol–water partition coefficient (Wildman–Crippen LogP) is 4.71. The first-order valence-electron chi connectivity index (χ1n) is 7.02. The largest absolute Gasteiger partial charge is 0.507 e. The number of benzene rings is 3. The summed E-state index contributed by atoms with van der Waals surface area (Å²) in [7, 11) is 0. The summed E-state index contributed by atoms with van der Waals surface area (Å²) in [6.45, 7) is 0. The SMILES string of the molecule is N=C(c1ccc2c(c1)oc1ccccc12)c1ccccc1O. The monoisotopic (exact) mass is 287 g/mol. The van der Waals surface area contributed by atoms with Crippen molar-refractivity contribution in [1.82, 2.24) is 0 Å². The van der Waals surface area contributed by atoms with Crippen LogP contribution in [0.15, 0.2) is 71.1 Å². The molecular weight excluding hydrogens is 274 g/mol. The van der Waals surface area contributed by atoms with E-state index >= 15 is 0 Å². The topological polar surface area (TPSA) is 57.2 Å². The van der Waals surface area contributed by atoms with E-state index in [1.807, 2.05) is 48.5 Å². The van der Waals surface area contributed by atoms with Crippen LogP contribution in [0.2, 0.25) is 0 Å². The Morgan fingerprint density at radius 1 is 0.818 bits per heavy atom. The van der Waals surface area contributed by atoms with E-state index in [0.29, 0.717) is 11.1 Å². The zero-order chi connectivity index (χ0) is 15.1. The van der Waals surface area contributed by atoms with Crippen molar-refractivity contribution in [1.29, 1.82) is 5.41 Å². The molecule has 4 rings (SSSR count). The Labute approximate surface area is 126 Å². The molecule has 0 fully saturated rings. The van der Waals surface area contributed by atoms with Crippen LogP contribution >= 0.6 is 0 Å². The minimum atomic E-state index is 0.109. The lowest BCUT2D eigenvalue weighted by Crippen LogP contribution is -2.01. The normalized spacial score (nSPS) is 11.1. The fraction of sp³-hybridized carbons (Fsp3) is 0. The lowest BCUT2D eigenvalue weighted by atomic mass is 10.0. The maximum atomic E-state index is 9.91. The van der Waals surface area contributed by atoms with E-state index in [-0.39, 0.29) is 11.5 Å². The molecule has 22 heavy (non-hydrogen) atoms. The average molecular weight is 287 g/mol. The summed E-state index contributed by atoms with van der Waals surface area (Å²) in [5.74, 6) is 0.109. The summed E-state index contributed by atoms with van der Waals surface area (Å²) in [5, 5.41) is 20.3. The first-order chi connectivity index (χ1) is 10.7. The molecule has 0 aliphatic rings. The minimum Gasteiger partial charge on any atom is -0.507 e. The molecule has 0 bridgehead atoms. The number of para-hydroxylation sites is 2. The van der Waals surface area contributed by atoms with Gasteiger partial charge in [0.1, 0.15) is 16.9 Å². The molecule has 0 radical (unpaired) electrons. The number of rotatable bonds is 2. The smallest absolute Gasteiger partial charge is 0.136 e. The number of hydrogen-bond donors (Lipinski definition) is 2. The molecule has 0 aliphatic heterocycles. The van der Waals surface area contributed by atoms with Crippen molar-refractivity contribution in [3.05, 3.63) is 77.9 Å². The van der Waals surface area contributed by atoms with Crippen molar-refractivity contribution >= 4 is 27.7 Å². The number of nitrogens with one attached hydrogen (secondary N) is 1. The van der Waals surface area contributed by atoms with Crippen molar-refractivity contribution in [2.75, 3.05) is 0 Å². The van der Waals surface area contributed by atoms with Crippen molar-refractivity contribution in [2.45, 2.75) is 0 Å². The van der Waals surface area contributed by atoms with Crippen molar-refractivity contribution in [3.63, 3.8) is 0 Å². The minimum absolute atomic E-state index is 0.109. The number of furan rings is 1. The zero-order valence-electron chi connectivity index (χ0n) is 11.7. The van der Waals surface area contributed by atoms with E-state index < -0.39 is 0 Å². The van der Waals surface area contributed by atoms with Crippen LogP contribution in [-0.2, 0) is 0 Å². The summed E-state index contributed by atoms with van der Waals surface area (Å²) in [4.78, 5) is 0. The molecule has 1 aromatic heterocycles. The van der Waals surface area contributed by atoms with Crippen LogP contribution in [0.25, 0.3) is 21.9 Å². The maximum Gasteiger partial charge on any atom is 0.136 e. The van der Waals surface area contributed by atoms with Gasteiger partial charge in [-0.05, 0) is 30.3 Å². The molecule has 4 aromatic rings. The molecule has 2 N–H and O–H groups in total. The number of phenolic OH excluding ortho intramolecular Hbond substituents is 1. The highest BCUT2D eigenvalue weighted by Gasteiger charge is 2.12. The van der Waals surface area contributed by atoms with Gasteiger partial charge < -0.3 is 9.52 Å². The Morgan fingerprint density at radius 3 is 2.41 bits per heavy atom. The van der Waals surface area contributed by atoms with E-state index in [1.54, 1.807) is 18.2 Å². The van der Waals surface area contributed by atoms with Gasteiger partial charge in [-0.2, -0.15) is 0 Å². The molecule has 0 amide bonds. The molecule has 3 heteroatoms. The van der Waals surface area contributed by atoms with Crippen molar-refractivity contribution in [3.8, 4) is 5.75 Å². The number of phenols is 1. The molecule has 3 aromatic carbocycles. The van der Waals surface area contributed by atoms with Gasteiger partial charge in [0.25, 0.3) is 0 Å². The molecule has 0 saturated carbocycles. The van der Waals surface area contributed by atoms with Crippen LogP contribution in [-0.4, -0.2) is 10.8 Å². The number of aromatic hydroxyl groups is 1. The van der Waals surface area contributed by atoms with Crippen LogP contribution in [0, 0.1) is 5.41 Å². The molecule has 106 valence electrons. The molecule has 0 aliphatic carbocycles. The molecule has 0 unspecified atom stereocenters. The Hall–Kier alpha value is -3.07. The van der Waals surface area contributed by atoms with Gasteiger partial charge in [-0.25, -0.2) is 0 Å². The van der Waals surface area contributed by atoms with Crippen LogP contribution in [0.1, 0.15) is 11.1 Å². The summed E-state index contributed by atoms with van der Waals surface area (Å²) in [5.41, 5.74) is 3.09. The lowest BCUT2D eigenvalue weighted by Gasteiger charge is -2.06. The highest BCUT2D eigenvalue weighted by atomic mass is 16.3. The Bertz CT molecular complexity index is 1010. The van der Waals surface area contributed by atoms with Gasteiger partial charge >= 0.3 is 0 Å². The number of hydrogen-bond acceptors (Lipinski definition) is 3. The highest BCUT2D eigenvalue weighted by molar-refractivity contribution is 6.15. The molecule has 0 saturated heterocycles. The Kier molecular flexibility index (Phi) is 2.73. The van der Waals surface area contributed by atoms with Crippen LogP contribution < -0.4 is 0 Å². The van der Waals surface area contributed by atoms with Gasteiger partial charge in [0.05, 0.1) is 5.71 Å².